The molecule has 0 unspecified atom stereocenters. The largest absolute Gasteiger partial charge is 0.506 e. The van der Waals surface area contributed by atoms with E-state index in [0.717, 1.165) is 0 Å². The monoisotopic (exact) mass is 346 g/mol. The van der Waals surface area contributed by atoms with Crippen LogP contribution in [0.1, 0.15) is 0 Å². The minimum Gasteiger partial charge on any atom is -0.506 e. The van der Waals surface area contributed by atoms with Crippen LogP contribution in [-0.4, -0.2) is 22.3 Å². The van der Waals surface area contributed by atoms with E-state index in [1.54, 1.807) is 0 Å². The third kappa shape index (κ3) is 2.49. The van der Waals surface area contributed by atoms with Gasteiger partial charge in [-0.15, -0.1) is 0 Å². The summed E-state index contributed by atoms with van der Waals surface area (Å²) in [5.41, 5.74) is 10.6. The topological polar surface area (TPSA) is 198 Å². The molecule has 0 saturated heterocycles. The number of fused-ring (bicyclic) bond motifs is 3. The van der Waals surface area contributed by atoms with Crippen LogP contribution in [0.5, 0.6) is 11.5 Å². The van der Waals surface area contributed by atoms with Crippen LogP contribution in [-0.2, 0) is 0 Å². The van der Waals surface area contributed by atoms with Crippen LogP contribution < -0.4 is 33.2 Å². The van der Waals surface area contributed by atoms with Crippen LogP contribution in [0, 0.1) is 0 Å². The predicted octanol–water partition coefficient (Wildman–Crippen LogP) is 0.515. The molecule has 0 atom stereocenters. The molecule has 0 fully saturated rings. The number of benzene rings is 2. The highest BCUT2D eigenvalue weighted by Gasteiger charge is 2.20. The van der Waals surface area contributed by atoms with Crippen LogP contribution in [0.25, 0.3) is 21.9 Å². The quantitative estimate of drug-likeness (QED) is 0.220. The van der Waals surface area contributed by atoms with Gasteiger partial charge in [-0.25, -0.2) is 31.3 Å². The maximum absolute atomic E-state index is 11.2. The number of nitrogens with zero attached hydrogens (tertiary/aromatic N) is 2. The summed E-state index contributed by atoms with van der Waals surface area (Å²) >= 11 is 0. The summed E-state index contributed by atoms with van der Waals surface area (Å²) in [4.78, 5) is 22.5. The average Bonchev–Trinajstić information content (AvgIpc) is 2.87. The van der Waals surface area contributed by atoms with Gasteiger partial charge in [-0.1, -0.05) is 0 Å². The number of urea groups is 2. The van der Waals surface area contributed by atoms with Crippen LogP contribution in [0.2, 0.25) is 0 Å². The number of furan rings is 1. The van der Waals surface area contributed by atoms with E-state index in [1.807, 2.05) is 0 Å². The lowest BCUT2D eigenvalue weighted by molar-refractivity contribution is 0.253. The van der Waals surface area contributed by atoms with Crippen molar-refractivity contribution in [1.29, 1.82) is 0 Å². The molecule has 11 nitrogen and oxygen atoms in total. The normalized spacial score (nSPS) is 11.0. The van der Waals surface area contributed by atoms with Crippen molar-refractivity contribution >= 4 is 45.4 Å². The molecule has 11 heteroatoms. The van der Waals surface area contributed by atoms with Crippen molar-refractivity contribution in [2.24, 2.45) is 23.2 Å². The molecule has 3 aromatic rings. The molecule has 4 amide bonds. The van der Waals surface area contributed by atoms with Gasteiger partial charge in [0, 0.05) is 22.9 Å². The molecular weight excluding hydrogens is 332 g/mol. The van der Waals surface area contributed by atoms with Gasteiger partial charge in [0.2, 0.25) is 0 Å². The maximum Gasteiger partial charge on any atom is 0.333 e. The standard InChI is InChI=1S/C14H14N6O5/c15-13(23)19(17)7-1-5-6-2-8(20(18)14(16)24)10(22)4-12(6)25-11(5)3-9(7)21/h1-4,21-22H,17-18H2,(H2,15,23)(H2,16,24). The zero-order valence-corrected chi connectivity index (χ0v) is 12.6. The van der Waals surface area contributed by atoms with Crippen molar-refractivity contribution in [3.63, 3.8) is 0 Å². The zero-order chi connectivity index (χ0) is 18.5. The van der Waals surface area contributed by atoms with Gasteiger partial charge in [0.15, 0.2) is 0 Å². The third-order valence-electron chi connectivity index (χ3n) is 3.66. The first-order chi connectivity index (χ1) is 11.7. The zero-order valence-electron chi connectivity index (χ0n) is 12.6. The van der Waals surface area contributed by atoms with E-state index in [0.29, 0.717) is 20.8 Å². The van der Waals surface area contributed by atoms with E-state index < -0.39 is 12.1 Å². The van der Waals surface area contributed by atoms with E-state index in [-0.39, 0.29) is 34.0 Å². The van der Waals surface area contributed by atoms with Gasteiger partial charge < -0.3 is 26.1 Å². The van der Waals surface area contributed by atoms with E-state index >= 15 is 0 Å². The molecule has 0 spiro atoms. The number of nitrogens with two attached hydrogens (primary N) is 4. The molecule has 2 aromatic carbocycles. The van der Waals surface area contributed by atoms with Crippen LogP contribution >= 0.6 is 0 Å². The van der Waals surface area contributed by atoms with Gasteiger partial charge in [0.25, 0.3) is 0 Å². The highest BCUT2D eigenvalue weighted by atomic mass is 16.3. The lowest BCUT2D eigenvalue weighted by Gasteiger charge is -2.15. The Bertz CT molecular complexity index is 949. The number of aromatic hydroxyl groups is 2. The van der Waals surface area contributed by atoms with Crippen LogP contribution in [0.4, 0.5) is 21.0 Å². The van der Waals surface area contributed by atoms with Crippen molar-refractivity contribution in [3.8, 4) is 11.5 Å². The first-order valence-electron chi connectivity index (χ1n) is 6.81. The van der Waals surface area contributed by atoms with Crippen LogP contribution in [0.3, 0.4) is 0 Å². The van der Waals surface area contributed by atoms with Crippen LogP contribution in [0.15, 0.2) is 28.7 Å². The Morgan fingerprint density at radius 1 is 0.800 bits per heavy atom. The van der Waals surface area contributed by atoms with Crippen molar-refractivity contribution in [2.45, 2.75) is 0 Å². The van der Waals surface area contributed by atoms with Gasteiger partial charge in [0.05, 0.1) is 0 Å². The molecule has 0 radical (unpaired) electrons. The molecule has 25 heavy (non-hydrogen) atoms. The van der Waals surface area contributed by atoms with Gasteiger partial charge >= 0.3 is 12.1 Å². The number of rotatable bonds is 2. The molecule has 0 bridgehead atoms. The Morgan fingerprint density at radius 3 is 1.48 bits per heavy atom. The molecule has 0 saturated carbocycles. The Balaban J connectivity index is 2.31. The minimum atomic E-state index is -0.984. The summed E-state index contributed by atoms with van der Waals surface area (Å²) in [5, 5.41) is 22.0. The SMILES string of the molecule is NC(=O)N(N)c1cc2c(cc1O)oc1cc(O)c(N(N)C(N)=O)cc12. The van der Waals surface area contributed by atoms with E-state index in [4.69, 9.17) is 27.6 Å². The molecule has 0 aliphatic carbocycles. The Labute approximate surface area is 139 Å². The van der Waals surface area contributed by atoms with Crippen molar-refractivity contribution in [3.05, 3.63) is 24.3 Å². The molecular formula is C14H14N6O5. The first-order valence-corrected chi connectivity index (χ1v) is 6.81. The summed E-state index contributed by atoms with van der Waals surface area (Å²) in [7, 11) is 0. The summed E-state index contributed by atoms with van der Waals surface area (Å²) in [5.74, 6) is 10.4. The summed E-state index contributed by atoms with van der Waals surface area (Å²) in [6.07, 6.45) is 0. The maximum atomic E-state index is 11.2. The first kappa shape index (κ1) is 16.2. The lowest BCUT2D eigenvalue weighted by atomic mass is 10.1. The van der Waals surface area contributed by atoms with Gasteiger partial charge in [-0.3, -0.25) is 0 Å². The summed E-state index contributed by atoms with van der Waals surface area (Å²) in [6, 6.07) is 3.24. The van der Waals surface area contributed by atoms with Gasteiger partial charge in [-0.2, -0.15) is 0 Å². The number of hydrazine groups is 2. The number of phenols is 2. The number of hydrogen-bond acceptors (Lipinski definition) is 7. The lowest BCUT2D eigenvalue weighted by Crippen LogP contribution is -2.41. The van der Waals surface area contributed by atoms with Crippen molar-refractivity contribution < 1.29 is 24.2 Å². The minimum absolute atomic E-state index is 0.0585. The van der Waals surface area contributed by atoms with Crippen molar-refractivity contribution in [1.82, 2.24) is 0 Å². The highest BCUT2D eigenvalue weighted by Crippen LogP contribution is 2.40. The Morgan fingerprint density at radius 2 is 1.16 bits per heavy atom. The van der Waals surface area contributed by atoms with E-state index in [1.165, 1.54) is 24.3 Å². The van der Waals surface area contributed by atoms with Gasteiger partial charge in [0.1, 0.15) is 34.0 Å². The summed E-state index contributed by atoms with van der Waals surface area (Å²) in [6.45, 7) is 0. The molecule has 1 aromatic heterocycles. The number of carbonyl (C=O) groups is 2. The molecule has 10 N–H and O–H groups in total. The number of hydrogen-bond donors (Lipinski definition) is 6. The Hall–Kier alpha value is -3.70. The van der Waals surface area contributed by atoms with Gasteiger partial charge in [-0.05, 0) is 12.1 Å². The number of anilines is 2. The van der Waals surface area contributed by atoms with E-state index in [2.05, 4.69) is 0 Å². The fraction of sp³-hybridized carbons (Fsp3) is 0. The second-order valence-electron chi connectivity index (χ2n) is 5.19. The number of phenolic OH excluding ortho intramolecular Hbond substituents is 2. The smallest absolute Gasteiger partial charge is 0.333 e. The number of amides is 4. The second-order valence-corrected chi connectivity index (χ2v) is 5.19. The van der Waals surface area contributed by atoms with Crippen molar-refractivity contribution in [2.75, 3.05) is 10.0 Å². The molecule has 130 valence electrons. The molecule has 1 heterocycles. The summed E-state index contributed by atoms with van der Waals surface area (Å²) < 4.78 is 5.53. The molecule has 3 rings (SSSR count). The van der Waals surface area contributed by atoms with E-state index in [9.17, 15) is 19.8 Å². The number of carbonyl (C=O) groups excluding carboxylic acids is 2. The average molecular weight is 346 g/mol. The Kier molecular flexibility index (Phi) is 3.51. The molecule has 0 aliphatic rings. The number of primary amides is 2. The highest BCUT2D eigenvalue weighted by molar-refractivity contribution is 6.10. The molecule has 0 aliphatic heterocycles. The fourth-order valence-electron chi connectivity index (χ4n) is 2.45. The third-order valence-corrected chi connectivity index (χ3v) is 3.66. The fourth-order valence-corrected chi connectivity index (χ4v) is 2.45. The predicted molar refractivity (Wildman–Crippen MR) is 89.5 cm³/mol. The second kappa shape index (κ2) is 5.43.